The first-order valence-electron chi connectivity index (χ1n) is 13.8. The summed E-state index contributed by atoms with van der Waals surface area (Å²) in [5, 5.41) is 0. The van der Waals surface area contributed by atoms with Gasteiger partial charge in [-0.25, -0.2) is 18.7 Å². The van der Waals surface area contributed by atoms with Crippen molar-refractivity contribution in [2.75, 3.05) is 0 Å². The van der Waals surface area contributed by atoms with E-state index in [1.165, 1.54) is 0 Å². The highest BCUT2D eigenvalue weighted by atomic mass is 16.4. The Hall–Kier alpha value is -4.06. The van der Waals surface area contributed by atoms with E-state index in [4.69, 9.17) is 8.83 Å². The fourth-order valence-electron chi connectivity index (χ4n) is 6.45. The predicted octanol–water partition coefficient (Wildman–Crippen LogP) is 7.13. The van der Waals surface area contributed by atoms with Gasteiger partial charge in [0.25, 0.3) is 0 Å². The number of benzene rings is 2. The lowest BCUT2D eigenvalue weighted by atomic mass is 9.82. The van der Waals surface area contributed by atoms with Gasteiger partial charge in [-0.15, -0.1) is 0 Å². The van der Waals surface area contributed by atoms with Crippen molar-refractivity contribution in [3.63, 3.8) is 0 Å². The van der Waals surface area contributed by atoms with E-state index in [0.29, 0.717) is 11.2 Å². The van der Waals surface area contributed by atoms with E-state index < -0.39 is 0 Å². The lowest BCUT2D eigenvalue weighted by Crippen LogP contribution is -2.23. The van der Waals surface area contributed by atoms with Crippen molar-refractivity contribution in [3.05, 3.63) is 105 Å². The highest BCUT2D eigenvalue weighted by Crippen LogP contribution is 2.43. The van der Waals surface area contributed by atoms with Gasteiger partial charge in [-0.05, 0) is 73.9 Å². The van der Waals surface area contributed by atoms with Gasteiger partial charge in [0, 0.05) is 11.8 Å². The van der Waals surface area contributed by atoms with Crippen LogP contribution in [0, 0.1) is 11.8 Å². The Balaban J connectivity index is 1.51. The molecule has 2 heterocycles. The SMILES string of the molecule is O=c1oc2ccccc2n1/C1=C/C2CCCCC=C2/C(n2c(=O)oc3ccccc32)=C\C2CCCCC=C12. The quantitative estimate of drug-likeness (QED) is 0.290. The smallest absolute Gasteiger partial charge is 0.407 e. The number of rotatable bonds is 2. The number of para-hydroxylation sites is 4. The summed E-state index contributed by atoms with van der Waals surface area (Å²) in [5.41, 5.74) is 6.87. The molecule has 0 bridgehead atoms. The summed E-state index contributed by atoms with van der Waals surface area (Å²) in [6, 6.07) is 15.3. The second-order valence-electron chi connectivity index (χ2n) is 10.5. The van der Waals surface area contributed by atoms with E-state index in [1.807, 2.05) is 48.5 Å². The van der Waals surface area contributed by atoms with Gasteiger partial charge in [0.15, 0.2) is 11.2 Å². The maximum absolute atomic E-state index is 13.3. The standard InChI is InChI=1S/C32H30N2O4/c35-31-33(25-15-7-9-17-29(25)37-31)27-20-22-12-4-2-6-14-24(22)28(19-21-11-3-1-5-13-23(21)27)34-26-16-8-10-18-30(26)38-32(34)36/h7-10,13-22H,1-6,11-12H2/b27-20+,28-19+. The van der Waals surface area contributed by atoms with Crippen LogP contribution >= 0.6 is 0 Å². The van der Waals surface area contributed by atoms with Crippen LogP contribution in [0.5, 0.6) is 0 Å². The molecule has 6 heteroatoms. The molecular weight excluding hydrogens is 476 g/mol. The Kier molecular flexibility index (Phi) is 5.68. The first-order chi connectivity index (χ1) is 18.7. The maximum atomic E-state index is 13.3. The minimum Gasteiger partial charge on any atom is -0.407 e. The lowest BCUT2D eigenvalue weighted by Gasteiger charge is -2.28. The normalized spacial score (nSPS) is 24.9. The number of oxazole rings is 2. The molecule has 192 valence electrons. The molecule has 0 fully saturated rings. The Morgan fingerprint density at radius 1 is 0.605 bits per heavy atom. The van der Waals surface area contributed by atoms with Crippen molar-refractivity contribution in [3.8, 4) is 0 Å². The second kappa shape index (κ2) is 9.35. The molecule has 3 aliphatic carbocycles. The van der Waals surface area contributed by atoms with Crippen molar-refractivity contribution in [2.24, 2.45) is 11.8 Å². The number of nitrogens with zero attached hydrogens (tertiary/aromatic N) is 2. The van der Waals surface area contributed by atoms with E-state index in [2.05, 4.69) is 24.3 Å². The van der Waals surface area contributed by atoms with E-state index in [1.54, 1.807) is 9.13 Å². The molecular formula is C32H30N2O4. The summed E-state index contributed by atoms with van der Waals surface area (Å²) in [5.74, 6) is -0.625. The van der Waals surface area contributed by atoms with E-state index in [9.17, 15) is 9.59 Å². The summed E-state index contributed by atoms with van der Waals surface area (Å²) < 4.78 is 14.9. The molecule has 0 radical (unpaired) electrons. The molecule has 3 aliphatic rings. The molecule has 0 saturated heterocycles. The molecule has 2 unspecified atom stereocenters. The summed E-state index contributed by atoms with van der Waals surface area (Å²) in [6.07, 6.45) is 17.3. The Morgan fingerprint density at radius 2 is 1.05 bits per heavy atom. The van der Waals surface area contributed by atoms with Crippen LogP contribution in [-0.2, 0) is 0 Å². The van der Waals surface area contributed by atoms with Crippen molar-refractivity contribution in [1.82, 2.24) is 9.13 Å². The fourth-order valence-corrected chi connectivity index (χ4v) is 6.45. The number of aromatic nitrogens is 2. The van der Waals surface area contributed by atoms with Gasteiger partial charge in [-0.1, -0.05) is 61.4 Å². The second-order valence-corrected chi connectivity index (χ2v) is 10.5. The van der Waals surface area contributed by atoms with Crippen LogP contribution in [0.4, 0.5) is 0 Å². The number of hydrogen-bond donors (Lipinski definition) is 0. The summed E-state index contributed by atoms with van der Waals surface area (Å²) in [6.45, 7) is 0. The zero-order chi connectivity index (χ0) is 25.6. The van der Waals surface area contributed by atoms with Crippen LogP contribution in [-0.4, -0.2) is 9.13 Å². The van der Waals surface area contributed by atoms with Crippen molar-refractivity contribution in [2.45, 2.75) is 51.4 Å². The van der Waals surface area contributed by atoms with Gasteiger partial charge in [-0.3, -0.25) is 0 Å². The van der Waals surface area contributed by atoms with Crippen LogP contribution in [0.15, 0.2) is 102 Å². The summed E-state index contributed by atoms with van der Waals surface area (Å²) in [4.78, 5) is 26.6. The highest BCUT2D eigenvalue weighted by Gasteiger charge is 2.31. The number of allylic oxidation sites excluding steroid dienone is 8. The van der Waals surface area contributed by atoms with Crippen LogP contribution in [0.3, 0.4) is 0 Å². The molecule has 4 aromatic rings. The van der Waals surface area contributed by atoms with Crippen molar-refractivity contribution < 1.29 is 8.83 Å². The Bertz CT molecular complexity index is 1650. The highest BCUT2D eigenvalue weighted by molar-refractivity contribution is 5.85. The molecule has 0 N–H and O–H groups in total. The maximum Gasteiger partial charge on any atom is 0.424 e. The molecule has 0 spiro atoms. The van der Waals surface area contributed by atoms with Gasteiger partial charge in [0.05, 0.1) is 22.4 Å². The van der Waals surface area contributed by atoms with Gasteiger partial charge in [0.2, 0.25) is 0 Å². The van der Waals surface area contributed by atoms with Crippen LogP contribution in [0.1, 0.15) is 51.4 Å². The average molecular weight is 507 g/mol. The predicted molar refractivity (Wildman–Crippen MR) is 150 cm³/mol. The third-order valence-electron chi connectivity index (χ3n) is 8.23. The molecule has 0 amide bonds. The fraction of sp³-hybridized carbons (Fsp3) is 0.312. The van der Waals surface area contributed by atoms with Gasteiger partial charge >= 0.3 is 11.5 Å². The summed E-state index contributed by atoms with van der Waals surface area (Å²) in [7, 11) is 0. The van der Waals surface area contributed by atoms with Crippen molar-refractivity contribution >= 4 is 33.6 Å². The first kappa shape index (κ1) is 23.1. The Labute approximate surface area is 219 Å². The topological polar surface area (TPSA) is 70.3 Å². The van der Waals surface area contributed by atoms with E-state index in [-0.39, 0.29) is 23.3 Å². The molecule has 2 atom stereocenters. The van der Waals surface area contributed by atoms with E-state index >= 15 is 0 Å². The third-order valence-corrected chi connectivity index (χ3v) is 8.23. The van der Waals surface area contributed by atoms with Gasteiger partial charge in [0.1, 0.15) is 0 Å². The number of fused-ring (bicyclic) bond motifs is 4. The van der Waals surface area contributed by atoms with Crippen molar-refractivity contribution in [1.29, 1.82) is 0 Å². The lowest BCUT2D eigenvalue weighted by molar-refractivity contribution is 0.537. The molecule has 6 nitrogen and oxygen atoms in total. The largest absolute Gasteiger partial charge is 0.424 e. The molecule has 0 aliphatic heterocycles. The molecule has 2 aromatic carbocycles. The summed E-state index contributed by atoms with van der Waals surface area (Å²) >= 11 is 0. The molecule has 38 heavy (non-hydrogen) atoms. The first-order valence-corrected chi connectivity index (χ1v) is 13.8. The zero-order valence-electron chi connectivity index (χ0n) is 21.3. The minimum atomic E-state index is -0.359. The monoisotopic (exact) mass is 506 g/mol. The number of hydrogen-bond acceptors (Lipinski definition) is 4. The molecule has 2 aromatic heterocycles. The average Bonchev–Trinajstić information content (AvgIpc) is 3.18. The van der Waals surface area contributed by atoms with Gasteiger partial charge < -0.3 is 8.83 Å². The van der Waals surface area contributed by atoms with Crippen LogP contribution in [0.2, 0.25) is 0 Å². The van der Waals surface area contributed by atoms with Crippen LogP contribution < -0.4 is 11.5 Å². The molecule has 7 rings (SSSR count). The third kappa shape index (κ3) is 3.78. The molecule has 0 saturated carbocycles. The van der Waals surface area contributed by atoms with Crippen LogP contribution in [0.25, 0.3) is 33.6 Å². The minimum absolute atomic E-state index is 0.0463. The van der Waals surface area contributed by atoms with E-state index in [0.717, 1.165) is 84.9 Å². The Morgan fingerprint density at radius 3 is 1.53 bits per heavy atom. The van der Waals surface area contributed by atoms with Gasteiger partial charge in [-0.2, -0.15) is 0 Å². The zero-order valence-corrected chi connectivity index (χ0v) is 21.3.